The third-order valence-electron chi connectivity index (χ3n) is 2.06. The molecule has 4 nitrogen and oxygen atoms in total. The number of furan rings is 1. The lowest BCUT2D eigenvalue weighted by molar-refractivity contribution is 0.0562. The minimum Gasteiger partial charge on any atom is -0.463 e. The van der Waals surface area contributed by atoms with Crippen LogP contribution in [0.2, 0.25) is 0 Å². The number of aryl methyl sites for hydroxylation is 1. The predicted molar refractivity (Wildman–Crippen MR) is 69.2 cm³/mol. The van der Waals surface area contributed by atoms with E-state index in [9.17, 15) is 4.79 Å². The highest BCUT2D eigenvalue weighted by Gasteiger charge is 2.17. The van der Waals surface area contributed by atoms with E-state index in [1.54, 1.807) is 11.8 Å². The molecule has 17 heavy (non-hydrogen) atoms. The molecule has 0 spiro atoms. The number of carbonyl (C=O) groups is 1. The van der Waals surface area contributed by atoms with Crippen molar-refractivity contribution in [2.24, 2.45) is 5.73 Å². The van der Waals surface area contributed by atoms with Gasteiger partial charge in [-0.3, -0.25) is 0 Å². The van der Waals surface area contributed by atoms with Crippen LogP contribution in [-0.4, -0.2) is 24.4 Å². The molecule has 0 aliphatic heterocycles. The van der Waals surface area contributed by atoms with E-state index >= 15 is 0 Å². The quantitative estimate of drug-likeness (QED) is 0.820. The predicted octanol–water partition coefficient (Wildman–Crippen LogP) is 2.35. The summed E-state index contributed by atoms with van der Waals surface area (Å²) in [6, 6.07) is 1.86. The van der Waals surface area contributed by atoms with Crippen molar-refractivity contribution in [2.45, 2.75) is 32.1 Å². The Morgan fingerprint density at radius 3 is 2.76 bits per heavy atom. The average Bonchev–Trinajstić information content (AvgIpc) is 2.57. The molecule has 1 rings (SSSR count). The van der Waals surface area contributed by atoms with Crippen molar-refractivity contribution in [1.82, 2.24) is 0 Å². The van der Waals surface area contributed by atoms with Crippen LogP contribution in [-0.2, 0) is 10.5 Å². The number of ether oxygens (including phenoxy) is 1. The molecule has 0 aliphatic carbocycles. The minimum atomic E-state index is -0.432. The van der Waals surface area contributed by atoms with Crippen molar-refractivity contribution in [1.29, 1.82) is 0 Å². The molecule has 0 aliphatic rings. The Labute approximate surface area is 106 Å². The Hall–Kier alpha value is -0.940. The third kappa shape index (κ3) is 4.44. The summed E-state index contributed by atoms with van der Waals surface area (Å²) in [5.41, 5.74) is 6.49. The molecular formula is C12H19NO3S. The number of hydrogen-bond donors (Lipinski definition) is 1. The molecule has 0 bridgehead atoms. The van der Waals surface area contributed by atoms with Crippen molar-refractivity contribution in [3.63, 3.8) is 0 Å². The van der Waals surface area contributed by atoms with Gasteiger partial charge in [-0.2, -0.15) is 11.8 Å². The number of esters is 1. The second kappa shape index (κ2) is 5.60. The van der Waals surface area contributed by atoms with E-state index in [-0.39, 0.29) is 11.3 Å². The van der Waals surface area contributed by atoms with Gasteiger partial charge in [0.05, 0.1) is 12.9 Å². The Morgan fingerprint density at radius 2 is 2.24 bits per heavy atom. The zero-order valence-electron chi connectivity index (χ0n) is 10.7. The Morgan fingerprint density at radius 1 is 1.59 bits per heavy atom. The maximum atomic E-state index is 11.3. The van der Waals surface area contributed by atoms with Gasteiger partial charge in [0.25, 0.3) is 0 Å². The molecular weight excluding hydrogens is 238 g/mol. The van der Waals surface area contributed by atoms with E-state index in [1.807, 2.05) is 26.8 Å². The van der Waals surface area contributed by atoms with Gasteiger partial charge < -0.3 is 14.9 Å². The zero-order valence-corrected chi connectivity index (χ0v) is 11.5. The van der Waals surface area contributed by atoms with Crippen LogP contribution in [0.1, 0.15) is 35.7 Å². The molecule has 5 heteroatoms. The monoisotopic (exact) mass is 257 g/mol. The van der Waals surface area contributed by atoms with Crippen LogP contribution >= 0.6 is 11.8 Å². The first-order valence-corrected chi connectivity index (χ1v) is 6.53. The van der Waals surface area contributed by atoms with Gasteiger partial charge in [0.15, 0.2) is 0 Å². The molecule has 0 aromatic carbocycles. The number of rotatable bonds is 5. The van der Waals surface area contributed by atoms with Crippen LogP contribution in [0.5, 0.6) is 0 Å². The van der Waals surface area contributed by atoms with E-state index < -0.39 is 5.97 Å². The number of thioether (sulfide) groups is 1. The summed E-state index contributed by atoms with van der Waals surface area (Å²) in [6.07, 6.45) is 0. The minimum absolute atomic E-state index is 0.197. The summed E-state index contributed by atoms with van der Waals surface area (Å²) >= 11 is 1.68. The molecule has 0 saturated carbocycles. The first kappa shape index (κ1) is 14.1. The average molecular weight is 257 g/mol. The number of nitrogens with two attached hydrogens (primary N) is 1. The highest BCUT2D eigenvalue weighted by atomic mass is 32.2. The van der Waals surface area contributed by atoms with Gasteiger partial charge in [0.1, 0.15) is 5.76 Å². The van der Waals surface area contributed by atoms with Gasteiger partial charge in [-0.25, -0.2) is 4.79 Å². The normalized spacial score (nSPS) is 11.6. The van der Waals surface area contributed by atoms with Crippen molar-refractivity contribution in [3.05, 3.63) is 23.2 Å². The molecule has 1 aromatic heterocycles. The number of methoxy groups -OCH3 is 1. The largest absolute Gasteiger partial charge is 0.463 e. The van der Waals surface area contributed by atoms with E-state index in [4.69, 9.17) is 10.2 Å². The van der Waals surface area contributed by atoms with Gasteiger partial charge in [0, 0.05) is 16.9 Å². The zero-order chi connectivity index (χ0) is 13.1. The van der Waals surface area contributed by atoms with Crippen LogP contribution in [0.4, 0.5) is 0 Å². The first-order chi connectivity index (χ1) is 7.83. The molecule has 0 unspecified atom stereocenters. The maximum absolute atomic E-state index is 11.3. The smallest absolute Gasteiger partial charge is 0.374 e. The lowest BCUT2D eigenvalue weighted by Gasteiger charge is -2.16. The highest BCUT2D eigenvalue weighted by Crippen LogP contribution is 2.21. The van der Waals surface area contributed by atoms with Gasteiger partial charge in [-0.15, -0.1) is 0 Å². The van der Waals surface area contributed by atoms with Gasteiger partial charge in [-0.1, -0.05) is 0 Å². The molecule has 2 N–H and O–H groups in total. The topological polar surface area (TPSA) is 65.5 Å². The standard InChI is InChI=1S/C12H19NO3S/c1-8-5-9(6-17-7-12(2,3)13)16-10(8)11(14)15-4/h5H,6-7,13H2,1-4H3. The third-order valence-corrected chi connectivity index (χ3v) is 3.49. The molecule has 1 aromatic rings. The molecule has 0 radical (unpaired) electrons. The molecule has 1 heterocycles. The van der Waals surface area contributed by atoms with Crippen molar-refractivity contribution in [3.8, 4) is 0 Å². The van der Waals surface area contributed by atoms with Gasteiger partial charge >= 0.3 is 5.97 Å². The van der Waals surface area contributed by atoms with Crippen LogP contribution in [0.25, 0.3) is 0 Å². The van der Waals surface area contributed by atoms with Gasteiger partial charge in [-0.05, 0) is 26.8 Å². The van der Waals surface area contributed by atoms with Crippen molar-refractivity contribution in [2.75, 3.05) is 12.9 Å². The fourth-order valence-corrected chi connectivity index (χ4v) is 2.30. The summed E-state index contributed by atoms with van der Waals surface area (Å²) in [5, 5.41) is 0. The summed E-state index contributed by atoms with van der Waals surface area (Å²) in [6.45, 7) is 5.79. The maximum Gasteiger partial charge on any atom is 0.374 e. The molecule has 0 amide bonds. The second-order valence-corrected chi connectivity index (χ2v) is 5.68. The lowest BCUT2D eigenvalue weighted by Crippen LogP contribution is -2.34. The molecule has 0 fully saturated rings. The van der Waals surface area contributed by atoms with Crippen LogP contribution in [0.3, 0.4) is 0 Å². The number of carbonyl (C=O) groups excluding carboxylic acids is 1. The molecule has 0 atom stereocenters. The summed E-state index contributed by atoms with van der Waals surface area (Å²) in [7, 11) is 1.34. The fourth-order valence-electron chi connectivity index (χ4n) is 1.33. The van der Waals surface area contributed by atoms with Crippen molar-refractivity contribution < 1.29 is 13.9 Å². The SMILES string of the molecule is COC(=O)c1oc(CSCC(C)(C)N)cc1C. The lowest BCUT2D eigenvalue weighted by atomic mass is 10.1. The summed E-state index contributed by atoms with van der Waals surface area (Å²) in [5.74, 6) is 2.17. The Kier molecular flexibility index (Phi) is 4.65. The van der Waals surface area contributed by atoms with E-state index in [0.717, 1.165) is 17.1 Å². The first-order valence-electron chi connectivity index (χ1n) is 5.38. The summed E-state index contributed by atoms with van der Waals surface area (Å²) in [4.78, 5) is 11.3. The van der Waals surface area contributed by atoms with Crippen LogP contribution in [0, 0.1) is 6.92 Å². The molecule has 0 saturated heterocycles. The van der Waals surface area contributed by atoms with Crippen LogP contribution < -0.4 is 5.73 Å². The van der Waals surface area contributed by atoms with E-state index in [2.05, 4.69) is 4.74 Å². The Bertz CT molecular complexity index is 393. The summed E-state index contributed by atoms with van der Waals surface area (Å²) < 4.78 is 10.1. The van der Waals surface area contributed by atoms with Gasteiger partial charge in [0.2, 0.25) is 5.76 Å². The van der Waals surface area contributed by atoms with E-state index in [1.165, 1.54) is 7.11 Å². The number of hydrogen-bond acceptors (Lipinski definition) is 5. The fraction of sp³-hybridized carbons (Fsp3) is 0.583. The van der Waals surface area contributed by atoms with Crippen molar-refractivity contribution >= 4 is 17.7 Å². The van der Waals surface area contributed by atoms with Crippen LogP contribution in [0.15, 0.2) is 10.5 Å². The molecule has 96 valence electrons. The highest BCUT2D eigenvalue weighted by molar-refractivity contribution is 7.98. The van der Waals surface area contributed by atoms with E-state index in [0.29, 0.717) is 5.75 Å². The Balaban J connectivity index is 2.59. The second-order valence-electron chi connectivity index (χ2n) is 4.70.